The number of aliphatic imine (C=N–C) groups is 1. The molecule has 1 aliphatic heterocycles. The van der Waals surface area contributed by atoms with Crippen molar-refractivity contribution in [2.24, 2.45) is 10.9 Å². The van der Waals surface area contributed by atoms with Gasteiger partial charge in [0.2, 0.25) is 0 Å². The van der Waals surface area contributed by atoms with E-state index in [0.29, 0.717) is 17.4 Å². The zero-order valence-electron chi connectivity index (χ0n) is 17.8. The van der Waals surface area contributed by atoms with E-state index in [4.69, 9.17) is 0 Å². The molecule has 2 N–H and O–H groups in total. The molecule has 0 bridgehead atoms. The van der Waals surface area contributed by atoms with Gasteiger partial charge in [0.25, 0.3) is 0 Å². The van der Waals surface area contributed by atoms with Crippen molar-refractivity contribution >= 4 is 45.5 Å². The molecule has 1 unspecified atom stereocenters. The lowest BCUT2D eigenvalue weighted by molar-refractivity contribution is 0.565. The van der Waals surface area contributed by atoms with Gasteiger partial charge in [0.05, 0.1) is 4.90 Å². The highest BCUT2D eigenvalue weighted by Gasteiger charge is 2.22. The third kappa shape index (κ3) is 6.60. The maximum atomic E-state index is 11.8. The van der Waals surface area contributed by atoms with Crippen LogP contribution in [0.3, 0.4) is 0 Å². The Kier molecular flexibility index (Phi) is 8.96. The Morgan fingerprint density at radius 3 is 2.53 bits per heavy atom. The molecule has 0 aliphatic carbocycles. The summed E-state index contributed by atoms with van der Waals surface area (Å²) in [4.78, 5) is 7.11. The molecule has 1 saturated heterocycles. The normalized spacial score (nSPS) is 16.8. The standard InChI is InChI=1S/C22H30N4O2S.HI/c1-17-13-18(9-10-21(17)29(3,27)28)14-24-22(23-2)25-15-19-11-12-26(16-19)20-7-5-4-6-8-20;/h4-10,13,19H,11-12,14-16H2,1-3H3,(H2,23,24,25);1H. The summed E-state index contributed by atoms with van der Waals surface area (Å²) >= 11 is 0. The van der Waals surface area contributed by atoms with E-state index in [-0.39, 0.29) is 24.0 Å². The van der Waals surface area contributed by atoms with Gasteiger partial charge < -0.3 is 15.5 Å². The minimum Gasteiger partial charge on any atom is -0.371 e. The molecular weight excluding hydrogens is 511 g/mol. The van der Waals surface area contributed by atoms with Gasteiger partial charge in [0.15, 0.2) is 15.8 Å². The fourth-order valence-electron chi connectivity index (χ4n) is 3.76. The SMILES string of the molecule is CN=C(NCc1ccc(S(C)(=O)=O)c(C)c1)NCC1CCN(c2ccccc2)C1.I. The van der Waals surface area contributed by atoms with Crippen LogP contribution in [-0.2, 0) is 16.4 Å². The number of nitrogens with one attached hydrogen (secondary N) is 2. The first kappa shape index (κ1) is 24.5. The summed E-state index contributed by atoms with van der Waals surface area (Å²) in [5.74, 6) is 1.33. The second-order valence-corrected chi connectivity index (χ2v) is 9.60. The summed E-state index contributed by atoms with van der Waals surface area (Å²) in [6.45, 7) is 5.40. The van der Waals surface area contributed by atoms with Gasteiger partial charge in [-0.05, 0) is 48.6 Å². The molecule has 164 valence electrons. The second kappa shape index (κ2) is 11.0. The molecule has 0 saturated carbocycles. The molecular formula is C22H31IN4O2S. The average molecular weight is 542 g/mol. The van der Waals surface area contributed by atoms with E-state index >= 15 is 0 Å². The number of rotatable bonds is 6. The molecule has 0 radical (unpaired) electrons. The predicted octanol–water partition coefficient (Wildman–Crippen LogP) is 3.21. The summed E-state index contributed by atoms with van der Waals surface area (Å²) in [6, 6.07) is 16.0. The Morgan fingerprint density at radius 2 is 1.90 bits per heavy atom. The summed E-state index contributed by atoms with van der Waals surface area (Å²) in [7, 11) is -1.43. The van der Waals surface area contributed by atoms with Crippen LogP contribution in [0.2, 0.25) is 0 Å². The van der Waals surface area contributed by atoms with E-state index in [1.165, 1.54) is 11.9 Å². The van der Waals surface area contributed by atoms with E-state index in [1.54, 1.807) is 13.1 Å². The van der Waals surface area contributed by atoms with Crippen LogP contribution in [0, 0.1) is 12.8 Å². The van der Waals surface area contributed by atoms with Crippen molar-refractivity contribution in [2.45, 2.75) is 24.8 Å². The summed E-state index contributed by atoms with van der Waals surface area (Å²) in [5, 5.41) is 6.73. The zero-order valence-corrected chi connectivity index (χ0v) is 20.9. The third-order valence-electron chi connectivity index (χ3n) is 5.29. The van der Waals surface area contributed by atoms with E-state index < -0.39 is 9.84 Å². The predicted molar refractivity (Wildman–Crippen MR) is 135 cm³/mol. The lowest BCUT2D eigenvalue weighted by atomic mass is 10.1. The van der Waals surface area contributed by atoms with Gasteiger partial charge in [0.1, 0.15) is 0 Å². The fraction of sp³-hybridized carbons (Fsp3) is 0.409. The largest absolute Gasteiger partial charge is 0.371 e. The Morgan fingerprint density at radius 1 is 1.17 bits per heavy atom. The molecule has 8 heteroatoms. The average Bonchev–Trinajstić information content (AvgIpc) is 3.17. The van der Waals surface area contributed by atoms with Gasteiger partial charge in [-0.2, -0.15) is 0 Å². The van der Waals surface area contributed by atoms with Crippen LogP contribution in [0.1, 0.15) is 17.5 Å². The maximum Gasteiger partial charge on any atom is 0.191 e. The van der Waals surface area contributed by atoms with E-state index in [0.717, 1.165) is 43.1 Å². The van der Waals surface area contributed by atoms with Gasteiger partial charge in [0, 0.05) is 45.2 Å². The van der Waals surface area contributed by atoms with E-state index in [9.17, 15) is 8.42 Å². The summed E-state index contributed by atoms with van der Waals surface area (Å²) in [5.41, 5.74) is 3.07. The van der Waals surface area contributed by atoms with Crippen molar-refractivity contribution in [3.63, 3.8) is 0 Å². The molecule has 0 amide bonds. The first-order valence-electron chi connectivity index (χ1n) is 9.91. The lowest BCUT2D eigenvalue weighted by Gasteiger charge is -2.19. The molecule has 1 aliphatic rings. The van der Waals surface area contributed by atoms with Crippen LogP contribution in [0.5, 0.6) is 0 Å². The molecule has 1 fully saturated rings. The number of nitrogens with zero attached hydrogens (tertiary/aromatic N) is 2. The molecule has 3 rings (SSSR count). The van der Waals surface area contributed by atoms with Crippen LogP contribution >= 0.6 is 24.0 Å². The molecule has 2 aromatic rings. The van der Waals surface area contributed by atoms with Gasteiger partial charge in [-0.3, -0.25) is 4.99 Å². The Hall–Kier alpha value is -1.81. The van der Waals surface area contributed by atoms with Gasteiger partial charge >= 0.3 is 0 Å². The lowest BCUT2D eigenvalue weighted by Crippen LogP contribution is -2.40. The van der Waals surface area contributed by atoms with Crippen molar-refractivity contribution in [3.05, 3.63) is 59.7 Å². The maximum absolute atomic E-state index is 11.8. The fourth-order valence-corrected chi connectivity index (χ4v) is 4.72. The van der Waals surface area contributed by atoms with Crippen LogP contribution in [0.25, 0.3) is 0 Å². The molecule has 0 aromatic heterocycles. The highest BCUT2D eigenvalue weighted by atomic mass is 127. The molecule has 0 spiro atoms. The van der Waals surface area contributed by atoms with Crippen molar-refractivity contribution in [2.75, 3.05) is 37.8 Å². The van der Waals surface area contributed by atoms with Crippen molar-refractivity contribution in [1.82, 2.24) is 10.6 Å². The molecule has 2 aromatic carbocycles. The Balaban J connectivity index is 0.00000320. The molecule has 30 heavy (non-hydrogen) atoms. The minimum absolute atomic E-state index is 0. The number of anilines is 1. The Bertz CT molecular complexity index is 964. The second-order valence-electron chi connectivity index (χ2n) is 7.61. The molecule has 1 atom stereocenters. The molecule has 1 heterocycles. The van der Waals surface area contributed by atoms with Crippen molar-refractivity contribution < 1.29 is 8.42 Å². The smallest absolute Gasteiger partial charge is 0.191 e. The number of halogens is 1. The summed E-state index contributed by atoms with van der Waals surface area (Å²) < 4.78 is 23.5. The zero-order chi connectivity index (χ0) is 20.9. The van der Waals surface area contributed by atoms with Gasteiger partial charge in [-0.25, -0.2) is 8.42 Å². The highest BCUT2D eigenvalue weighted by Crippen LogP contribution is 2.23. The van der Waals surface area contributed by atoms with Crippen LogP contribution < -0.4 is 15.5 Å². The van der Waals surface area contributed by atoms with Crippen LogP contribution in [0.15, 0.2) is 58.4 Å². The first-order chi connectivity index (χ1) is 13.9. The number of sulfone groups is 1. The van der Waals surface area contributed by atoms with Crippen LogP contribution in [0.4, 0.5) is 5.69 Å². The topological polar surface area (TPSA) is 73.8 Å². The number of benzene rings is 2. The third-order valence-corrected chi connectivity index (χ3v) is 6.54. The van der Waals surface area contributed by atoms with E-state index in [2.05, 4.69) is 44.8 Å². The molecule has 6 nitrogen and oxygen atoms in total. The highest BCUT2D eigenvalue weighted by molar-refractivity contribution is 14.0. The van der Waals surface area contributed by atoms with Crippen molar-refractivity contribution in [1.29, 1.82) is 0 Å². The Labute approximate surface area is 197 Å². The quantitative estimate of drug-likeness (QED) is 0.333. The van der Waals surface area contributed by atoms with Crippen LogP contribution in [-0.4, -0.2) is 47.3 Å². The minimum atomic E-state index is -3.19. The summed E-state index contributed by atoms with van der Waals surface area (Å²) in [6.07, 6.45) is 2.39. The number of aryl methyl sites for hydroxylation is 1. The number of hydrogen-bond acceptors (Lipinski definition) is 4. The van der Waals surface area contributed by atoms with Crippen molar-refractivity contribution in [3.8, 4) is 0 Å². The van der Waals surface area contributed by atoms with Gasteiger partial charge in [-0.1, -0.05) is 30.3 Å². The number of hydrogen-bond donors (Lipinski definition) is 2. The number of guanidine groups is 1. The van der Waals surface area contributed by atoms with Gasteiger partial charge in [-0.15, -0.1) is 24.0 Å². The van der Waals surface area contributed by atoms with E-state index in [1.807, 2.05) is 25.1 Å². The first-order valence-corrected chi connectivity index (χ1v) is 11.8. The number of para-hydroxylation sites is 1. The monoisotopic (exact) mass is 542 g/mol.